The number of carbonyl (C=O) groups excluding carboxylic acids is 2. The van der Waals surface area contributed by atoms with Crippen LogP contribution in [0.25, 0.3) is 17.7 Å². The molecule has 5 rings (SSSR count). The average Bonchev–Trinajstić information content (AvgIpc) is 3.53. The molecule has 190 valence electrons. The van der Waals surface area contributed by atoms with Gasteiger partial charge in [-0.25, -0.2) is 18.7 Å². The first-order chi connectivity index (χ1) is 18.4. The molecule has 1 aliphatic heterocycles. The highest BCUT2D eigenvalue weighted by atomic mass is 19.2. The number of halogens is 2. The van der Waals surface area contributed by atoms with Crippen LogP contribution in [0.15, 0.2) is 72.3 Å². The normalized spacial score (nSPS) is 13.7. The SMILES string of the molecule is O=C1Nc2cc(/C=C/CCC(=O)c3cncn(Cc4ccc(F)c(F)c4)c3=O)ccc2/C1=C/c1cnc[nH]1. The summed E-state index contributed by atoms with van der Waals surface area (Å²) < 4.78 is 27.8. The van der Waals surface area contributed by atoms with Crippen LogP contribution in [0, 0.1) is 11.6 Å². The van der Waals surface area contributed by atoms with Crippen LogP contribution >= 0.6 is 0 Å². The number of aromatic nitrogens is 4. The van der Waals surface area contributed by atoms with Gasteiger partial charge in [0.15, 0.2) is 17.4 Å². The van der Waals surface area contributed by atoms with E-state index in [1.165, 1.54) is 23.2 Å². The highest BCUT2D eigenvalue weighted by Gasteiger charge is 2.24. The predicted molar refractivity (Wildman–Crippen MR) is 138 cm³/mol. The number of amides is 1. The van der Waals surface area contributed by atoms with Crippen molar-refractivity contribution in [3.63, 3.8) is 0 Å². The van der Waals surface area contributed by atoms with Gasteiger partial charge in [0.1, 0.15) is 5.56 Å². The van der Waals surface area contributed by atoms with Gasteiger partial charge >= 0.3 is 0 Å². The standard InChI is InChI=1S/C28H21F2N5O3/c29-23-8-6-18(9-24(23)30)14-35-16-32-13-22(28(35)38)26(36)4-2-1-3-17-5-7-20-21(11-19-12-31-15-33-19)27(37)34-25(20)10-17/h1,3,5-13,15-16H,2,4,14H2,(H,31,33)(H,34,37)/b3-1+,21-11-. The third kappa shape index (κ3) is 5.24. The summed E-state index contributed by atoms with van der Waals surface area (Å²) in [6.45, 7) is -0.0439. The van der Waals surface area contributed by atoms with Gasteiger partial charge in [-0.3, -0.25) is 19.0 Å². The molecular weight excluding hydrogens is 492 g/mol. The molecule has 8 nitrogen and oxygen atoms in total. The molecule has 0 bridgehead atoms. The van der Waals surface area contributed by atoms with Crippen molar-refractivity contribution < 1.29 is 18.4 Å². The van der Waals surface area contributed by atoms with Gasteiger partial charge in [-0.05, 0) is 41.8 Å². The maximum absolute atomic E-state index is 13.5. The molecule has 1 aliphatic rings. The first-order valence-electron chi connectivity index (χ1n) is 11.7. The van der Waals surface area contributed by atoms with Crippen molar-refractivity contribution in [2.75, 3.05) is 5.32 Å². The van der Waals surface area contributed by atoms with E-state index in [0.717, 1.165) is 29.0 Å². The minimum Gasteiger partial charge on any atom is -0.345 e. The van der Waals surface area contributed by atoms with E-state index in [4.69, 9.17) is 0 Å². The lowest BCUT2D eigenvalue weighted by atomic mass is 10.0. The Labute approximate surface area is 215 Å². The summed E-state index contributed by atoms with van der Waals surface area (Å²) in [4.78, 5) is 48.7. The molecule has 0 radical (unpaired) electrons. The summed E-state index contributed by atoms with van der Waals surface area (Å²) in [6.07, 6.45) is 11.5. The number of hydrogen-bond donors (Lipinski definition) is 2. The van der Waals surface area contributed by atoms with E-state index in [1.807, 2.05) is 30.4 Å². The summed E-state index contributed by atoms with van der Waals surface area (Å²) in [5.74, 6) is -2.57. The number of rotatable bonds is 8. The number of benzene rings is 2. The van der Waals surface area contributed by atoms with Crippen LogP contribution in [0.1, 0.15) is 45.6 Å². The van der Waals surface area contributed by atoms with Gasteiger partial charge < -0.3 is 10.3 Å². The minimum atomic E-state index is -1.01. The van der Waals surface area contributed by atoms with E-state index < -0.39 is 17.2 Å². The maximum Gasteiger partial charge on any atom is 0.264 e. The number of aromatic amines is 1. The van der Waals surface area contributed by atoms with Crippen LogP contribution < -0.4 is 10.9 Å². The van der Waals surface area contributed by atoms with E-state index in [1.54, 1.807) is 18.6 Å². The van der Waals surface area contributed by atoms with Crippen LogP contribution in [-0.2, 0) is 11.3 Å². The number of H-pyrrole nitrogens is 1. The van der Waals surface area contributed by atoms with Gasteiger partial charge in [-0.1, -0.05) is 30.4 Å². The van der Waals surface area contributed by atoms with Gasteiger partial charge in [0, 0.05) is 23.9 Å². The summed E-state index contributed by atoms with van der Waals surface area (Å²) in [5.41, 5.74) is 3.33. The summed E-state index contributed by atoms with van der Waals surface area (Å²) >= 11 is 0. The van der Waals surface area contributed by atoms with Crippen molar-refractivity contribution in [2.24, 2.45) is 0 Å². The second-order valence-electron chi connectivity index (χ2n) is 8.68. The molecule has 10 heteroatoms. The zero-order valence-corrected chi connectivity index (χ0v) is 19.9. The summed E-state index contributed by atoms with van der Waals surface area (Å²) in [7, 11) is 0. The van der Waals surface area contributed by atoms with Crippen molar-refractivity contribution in [3.8, 4) is 0 Å². The Morgan fingerprint density at radius 3 is 2.68 bits per heavy atom. The molecule has 2 aromatic heterocycles. The average molecular weight is 514 g/mol. The molecule has 1 amide bonds. The Morgan fingerprint density at radius 2 is 1.89 bits per heavy atom. The van der Waals surface area contributed by atoms with Gasteiger partial charge in [-0.2, -0.15) is 0 Å². The van der Waals surface area contributed by atoms with E-state index in [2.05, 4.69) is 20.3 Å². The molecule has 0 spiro atoms. The van der Waals surface area contributed by atoms with Crippen LogP contribution in [0.2, 0.25) is 0 Å². The van der Waals surface area contributed by atoms with Crippen molar-refractivity contribution in [3.05, 3.63) is 117 Å². The van der Waals surface area contributed by atoms with Crippen molar-refractivity contribution in [2.45, 2.75) is 19.4 Å². The molecule has 4 aromatic rings. The zero-order valence-electron chi connectivity index (χ0n) is 19.9. The molecule has 0 fully saturated rings. The lowest BCUT2D eigenvalue weighted by Gasteiger charge is -2.07. The van der Waals surface area contributed by atoms with Crippen LogP contribution in [0.5, 0.6) is 0 Å². The number of nitrogens with zero attached hydrogens (tertiary/aromatic N) is 3. The smallest absolute Gasteiger partial charge is 0.264 e. The molecule has 2 aromatic carbocycles. The monoisotopic (exact) mass is 513 g/mol. The van der Waals surface area contributed by atoms with Crippen molar-refractivity contribution in [1.29, 1.82) is 0 Å². The number of Topliss-reactive ketones (excluding diaryl/α,β-unsaturated/α-hetero) is 1. The molecule has 0 unspecified atom stereocenters. The molecule has 3 heterocycles. The van der Waals surface area contributed by atoms with E-state index in [0.29, 0.717) is 23.2 Å². The van der Waals surface area contributed by atoms with Gasteiger partial charge in [-0.15, -0.1) is 0 Å². The number of ketones is 1. The second kappa shape index (κ2) is 10.6. The molecule has 0 aliphatic carbocycles. The first kappa shape index (κ1) is 24.7. The van der Waals surface area contributed by atoms with E-state index >= 15 is 0 Å². The van der Waals surface area contributed by atoms with E-state index in [9.17, 15) is 23.2 Å². The minimum absolute atomic E-state index is 0.0439. The van der Waals surface area contributed by atoms with Crippen LogP contribution in [0.3, 0.4) is 0 Å². The summed E-state index contributed by atoms with van der Waals surface area (Å²) in [5, 5.41) is 2.85. The molecule has 2 N–H and O–H groups in total. The highest BCUT2D eigenvalue weighted by molar-refractivity contribution is 6.34. The summed E-state index contributed by atoms with van der Waals surface area (Å²) in [6, 6.07) is 8.92. The number of nitrogens with one attached hydrogen (secondary N) is 2. The van der Waals surface area contributed by atoms with Gasteiger partial charge in [0.25, 0.3) is 11.5 Å². The Hall–Kier alpha value is -4.99. The van der Waals surface area contributed by atoms with E-state index in [-0.39, 0.29) is 30.2 Å². The Balaban J connectivity index is 1.22. The number of imidazole rings is 1. The van der Waals surface area contributed by atoms with Crippen molar-refractivity contribution in [1.82, 2.24) is 19.5 Å². The molecule has 38 heavy (non-hydrogen) atoms. The number of carbonyl (C=O) groups is 2. The van der Waals surface area contributed by atoms with Crippen molar-refractivity contribution >= 4 is 35.1 Å². The molecule has 0 saturated heterocycles. The lowest BCUT2D eigenvalue weighted by Crippen LogP contribution is -2.27. The topological polar surface area (TPSA) is 110 Å². The predicted octanol–water partition coefficient (Wildman–Crippen LogP) is 4.46. The highest BCUT2D eigenvalue weighted by Crippen LogP contribution is 2.33. The molecule has 0 atom stereocenters. The maximum atomic E-state index is 13.5. The molecular formula is C28H21F2N5O3. The fourth-order valence-electron chi connectivity index (χ4n) is 4.12. The fourth-order valence-corrected chi connectivity index (χ4v) is 4.12. The number of anilines is 1. The van der Waals surface area contributed by atoms with Crippen LogP contribution in [0.4, 0.5) is 14.5 Å². The second-order valence-corrected chi connectivity index (χ2v) is 8.68. The Bertz CT molecular complexity index is 1660. The number of fused-ring (bicyclic) bond motifs is 1. The third-order valence-electron chi connectivity index (χ3n) is 6.03. The first-order valence-corrected chi connectivity index (χ1v) is 11.7. The largest absolute Gasteiger partial charge is 0.345 e. The quantitative estimate of drug-likeness (QED) is 0.267. The number of hydrogen-bond acceptors (Lipinski definition) is 5. The van der Waals surface area contributed by atoms with Gasteiger partial charge in [0.05, 0.1) is 36.7 Å². The zero-order chi connectivity index (χ0) is 26.6. The Morgan fingerprint density at radius 1 is 1.03 bits per heavy atom. The number of allylic oxidation sites excluding steroid dienone is 1. The molecule has 0 saturated carbocycles. The Kier molecular flexibility index (Phi) is 6.86. The third-order valence-corrected chi connectivity index (χ3v) is 6.03. The fraction of sp³-hybridized carbons (Fsp3) is 0.107. The van der Waals surface area contributed by atoms with Gasteiger partial charge in [0.2, 0.25) is 0 Å². The lowest BCUT2D eigenvalue weighted by molar-refractivity contribution is -0.110. The van der Waals surface area contributed by atoms with Crippen LogP contribution in [-0.4, -0.2) is 31.2 Å².